The first-order valence-electron chi connectivity index (χ1n) is 7.67. The van der Waals surface area contributed by atoms with E-state index in [2.05, 4.69) is 41.6 Å². The number of benzene rings is 1. The Morgan fingerprint density at radius 1 is 1.14 bits per heavy atom. The molecule has 0 saturated carbocycles. The lowest BCUT2D eigenvalue weighted by Crippen LogP contribution is -2.28. The second-order valence-corrected chi connectivity index (χ2v) is 5.70. The number of pyridine rings is 1. The van der Waals surface area contributed by atoms with Gasteiger partial charge in [0, 0.05) is 13.1 Å². The lowest BCUT2D eigenvalue weighted by Gasteiger charge is -2.09. The van der Waals surface area contributed by atoms with Crippen LogP contribution in [0.4, 0.5) is 5.69 Å². The molecular weight excluding hydrogens is 274 g/mol. The predicted molar refractivity (Wildman–Crippen MR) is 90.0 cm³/mol. The number of carbonyl (C=O) groups is 1. The maximum atomic E-state index is 11.9. The van der Waals surface area contributed by atoms with Gasteiger partial charge in [-0.05, 0) is 30.0 Å². The average molecular weight is 297 g/mol. The highest BCUT2D eigenvalue weighted by molar-refractivity contribution is 5.92. The summed E-state index contributed by atoms with van der Waals surface area (Å²) in [5.74, 6) is 0.312. The number of anilines is 1. The highest BCUT2D eigenvalue weighted by Crippen LogP contribution is 2.07. The van der Waals surface area contributed by atoms with E-state index in [0.717, 1.165) is 18.7 Å². The van der Waals surface area contributed by atoms with Crippen molar-refractivity contribution in [3.63, 3.8) is 0 Å². The molecule has 0 aliphatic rings. The lowest BCUT2D eigenvalue weighted by atomic mass is 10.1. The Kier molecular flexibility index (Phi) is 5.95. The number of nitrogens with one attached hydrogen (secondary N) is 2. The molecule has 1 amide bonds. The van der Waals surface area contributed by atoms with Gasteiger partial charge in [-0.1, -0.05) is 44.2 Å². The van der Waals surface area contributed by atoms with Crippen LogP contribution in [0.5, 0.6) is 0 Å². The minimum atomic E-state index is -0.121. The summed E-state index contributed by atoms with van der Waals surface area (Å²) in [6.07, 6.45) is 2.66. The molecular formula is C18H23N3O. The summed E-state index contributed by atoms with van der Waals surface area (Å²) in [7, 11) is 0. The molecule has 0 aliphatic heterocycles. The summed E-state index contributed by atoms with van der Waals surface area (Å²) in [5.41, 5.74) is 2.68. The standard InChI is InChI=1S/C18H23N3O/c1-14(2)12-21-18(22)17-9-8-16(13-20-17)19-11-10-15-6-4-3-5-7-15/h3-9,13-14,19H,10-12H2,1-2H3,(H,21,22). The molecule has 0 spiro atoms. The maximum Gasteiger partial charge on any atom is 0.269 e. The highest BCUT2D eigenvalue weighted by Gasteiger charge is 2.07. The monoisotopic (exact) mass is 297 g/mol. The first-order chi connectivity index (χ1) is 10.6. The van der Waals surface area contributed by atoms with E-state index in [1.807, 2.05) is 24.3 Å². The predicted octanol–water partition coefficient (Wildman–Crippen LogP) is 3.12. The van der Waals surface area contributed by atoms with E-state index in [9.17, 15) is 4.79 Å². The van der Waals surface area contributed by atoms with Gasteiger partial charge in [0.05, 0.1) is 11.9 Å². The fourth-order valence-corrected chi connectivity index (χ4v) is 2.02. The van der Waals surface area contributed by atoms with Crippen LogP contribution in [0.3, 0.4) is 0 Å². The van der Waals surface area contributed by atoms with Crippen LogP contribution in [-0.2, 0) is 6.42 Å². The minimum Gasteiger partial charge on any atom is -0.383 e. The van der Waals surface area contributed by atoms with Crippen LogP contribution in [0.1, 0.15) is 29.9 Å². The Morgan fingerprint density at radius 3 is 2.55 bits per heavy atom. The molecule has 22 heavy (non-hydrogen) atoms. The fourth-order valence-electron chi connectivity index (χ4n) is 2.02. The molecule has 0 unspecified atom stereocenters. The smallest absolute Gasteiger partial charge is 0.269 e. The van der Waals surface area contributed by atoms with Gasteiger partial charge in [0.25, 0.3) is 5.91 Å². The van der Waals surface area contributed by atoms with Gasteiger partial charge in [-0.2, -0.15) is 0 Å². The number of carbonyl (C=O) groups excluding carboxylic acids is 1. The molecule has 0 bridgehead atoms. The number of nitrogens with zero attached hydrogens (tertiary/aromatic N) is 1. The molecule has 4 heteroatoms. The van der Waals surface area contributed by atoms with E-state index in [0.29, 0.717) is 18.2 Å². The topological polar surface area (TPSA) is 54.0 Å². The normalized spacial score (nSPS) is 10.5. The van der Waals surface area contributed by atoms with Gasteiger partial charge in [0.2, 0.25) is 0 Å². The first kappa shape index (κ1) is 16.0. The molecule has 1 heterocycles. The van der Waals surface area contributed by atoms with E-state index in [4.69, 9.17) is 0 Å². The summed E-state index contributed by atoms with van der Waals surface area (Å²) < 4.78 is 0. The Labute approximate surface area is 132 Å². The van der Waals surface area contributed by atoms with Gasteiger partial charge >= 0.3 is 0 Å². The second kappa shape index (κ2) is 8.17. The van der Waals surface area contributed by atoms with E-state index in [1.54, 1.807) is 12.3 Å². The molecule has 2 N–H and O–H groups in total. The van der Waals surface area contributed by atoms with Crippen molar-refractivity contribution in [1.29, 1.82) is 0 Å². The van der Waals surface area contributed by atoms with Crippen LogP contribution >= 0.6 is 0 Å². The van der Waals surface area contributed by atoms with Crippen molar-refractivity contribution in [3.8, 4) is 0 Å². The Bertz CT molecular complexity index is 579. The number of amides is 1. The van der Waals surface area contributed by atoms with Crippen LogP contribution < -0.4 is 10.6 Å². The van der Waals surface area contributed by atoms with E-state index < -0.39 is 0 Å². The number of aromatic nitrogens is 1. The second-order valence-electron chi connectivity index (χ2n) is 5.70. The van der Waals surface area contributed by atoms with Gasteiger partial charge in [0.1, 0.15) is 5.69 Å². The van der Waals surface area contributed by atoms with Crippen molar-refractivity contribution in [2.75, 3.05) is 18.4 Å². The largest absolute Gasteiger partial charge is 0.383 e. The zero-order valence-corrected chi connectivity index (χ0v) is 13.2. The van der Waals surface area contributed by atoms with Crippen LogP contribution in [0.2, 0.25) is 0 Å². The third kappa shape index (κ3) is 5.20. The van der Waals surface area contributed by atoms with Crippen molar-refractivity contribution in [1.82, 2.24) is 10.3 Å². The molecule has 1 aromatic heterocycles. The fraction of sp³-hybridized carbons (Fsp3) is 0.333. The Hall–Kier alpha value is -2.36. The SMILES string of the molecule is CC(C)CNC(=O)c1ccc(NCCc2ccccc2)cn1. The minimum absolute atomic E-state index is 0.121. The van der Waals surface area contributed by atoms with Gasteiger partial charge in [-0.25, -0.2) is 4.98 Å². The summed E-state index contributed by atoms with van der Waals surface area (Å²) in [6, 6.07) is 14.0. The van der Waals surface area contributed by atoms with Crippen LogP contribution in [0.25, 0.3) is 0 Å². The number of hydrogen-bond acceptors (Lipinski definition) is 3. The van der Waals surface area contributed by atoms with E-state index >= 15 is 0 Å². The summed E-state index contributed by atoms with van der Waals surface area (Å²) in [4.78, 5) is 16.1. The third-order valence-electron chi connectivity index (χ3n) is 3.25. The molecule has 0 saturated heterocycles. The van der Waals surface area contributed by atoms with Crippen molar-refractivity contribution in [2.24, 2.45) is 5.92 Å². The van der Waals surface area contributed by atoms with Crippen LogP contribution in [0.15, 0.2) is 48.7 Å². The highest BCUT2D eigenvalue weighted by atomic mass is 16.1. The number of hydrogen-bond donors (Lipinski definition) is 2. The Morgan fingerprint density at radius 2 is 1.91 bits per heavy atom. The molecule has 116 valence electrons. The molecule has 0 aliphatic carbocycles. The summed E-state index contributed by atoms with van der Waals surface area (Å²) in [6.45, 7) is 5.63. The van der Waals surface area contributed by atoms with Crippen molar-refractivity contribution >= 4 is 11.6 Å². The molecule has 2 aromatic rings. The number of rotatable bonds is 7. The van der Waals surface area contributed by atoms with Crippen molar-refractivity contribution < 1.29 is 4.79 Å². The molecule has 2 rings (SSSR count). The summed E-state index contributed by atoms with van der Waals surface area (Å²) in [5, 5.41) is 6.18. The molecule has 0 radical (unpaired) electrons. The zero-order chi connectivity index (χ0) is 15.8. The zero-order valence-electron chi connectivity index (χ0n) is 13.2. The van der Waals surface area contributed by atoms with Gasteiger partial charge in [-0.15, -0.1) is 0 Å². The average Bonchev–Trinajstić information content (AvgIpc) is 2.54. The molecule has 4 nitrogen and oxygen atoms in total. The maximum absolute atomic E-state index is 11.9. The van der Waals surface area contributed by atoms with Gasteiger partial charge in [0.15, 0.2) is 0 Å². The molecule has 1 aromatic carbocycles. The molecule has 0 fully saturated rings. The van der Waals surface area contributed by atoms with Gasteiger partial charge < -0.3 is 10.6 Å². The Balaban J connectivity index is 1.80. The molecule has 0 atom stereocenters. The summed E-state index contributed by atoms with van der Waals surface area (Å²) >= 11 is 0. The van der Waals surface area contributed by atoms with E-state index in [1.165, 1.54) is 5.56 Å². The van der Waals surface area contributed by atoms with Crippen LogP contribution in [0, 0.1) is 5.92 Å². The quantitative estimate of drug-likeness (QED) is 0.825. The lowest BCUT2D eigenvalue weighted by molar-refractivity contribution is 0.0944. The van der Waals surface area contributed by atoms with Gasteiger partial charge in [-0.3, -0.25) is 4.79 Å². The van der Waals surface area contributed by atoms with Crippen LogP contribution in [-0.4, -0.2) is 24.0 Å². The first-order valence-corrected chi connectivity index (χ1v) is 7.67. The van der Waals surface area contributed by atoms with Crippen molar-refractivity contribution in [3.05, 3.63) is 59.9 Å². The van der Waals surface area contributed by atoms with Crippen molar-refractivity contribution in [2.45, 2.75) is 20.3 Å². The third-order valence-corrected chi connectivity index (χ3v) is 3.25. The van der Waals surface area contributed by atoms with E-state index in [-0.39, 0.29) is 5.91 Å².